The molecule has 1 amide bonds. The van der Waals surface area contributed by atoms with Crippen molar-refractivity contribution < 1.29 is 4.79 Å². The fraction of sp³-hybridized carbons (Fsp3) is 0.474. The third-order valence-corrected chi connectivity index (χ3v) is 4.59. The van der Waals surface area contributed by atoms with E-state index in [-0.39, 0.29) is 11.9 Å². The highest BCUT2D eigenvalue weighted by Crippen LogP contribution is 2.31. The van der Waals surface area contributed by atoms with Crippen LogP contribution in [0.2, 0.25) is 0 Å². The zero-order valence-electron chi connectivity index (χ0n) is 14.9. The van der Waals surface area contributed by atoms with Gasteiger partial charge in [0.1, 0.15) is 5.82 Å². The molecule has 1 saturated heterocycles. The molecule has 2 aromatic heterocycles. The lowest BCUT2D eigenvalue weighted by atomic mass is 10.1. The molecule has 0 saturated carbocycles. The van der Waals surface area contributed by atoms with Crippen LogP contribution >= 0.6 is 0 Å². The highest BCUT2D eigenvalue weighted by Gasteiger charge is 2.30. The maximum absolute atomic E-state index is 12.7. The van der Waals surface area contributed by atoms with Gasteiger partial charge in [0.25, 0.3) is 0 Å². The van der Waals surface area contributed by atoms with Crippen LogP contribution < -0.4 is 0 Å². The van der Waals surface area contributed by atoms with Crippen molar-refractivity contribution in [2.75, 3.05) is 20.1 Å². The summed E-state index contributed by atoms with van der Waals surface area (Å²) in [6.07, 6.45) is 7.96. The molecule has 3 heterocycles. The van der Waals surface area contributed by atoms with E-state index in [1.807, 2.05) is 37.2 Å². The molecule has 132 valence electrons. The number of pyridine rings is 1. The van der Waals surface area contributed by atoms with Gasteiger partial charge in [-0.1, -0.05) is 6.07 Å². The van der Waals surface area contributed by atoms with Crippen LogP contribution in [-0.4, -0.2) is 50.8 Å². The van der Waals surface area contributed by atoms with E-state index in [0.717, 1.165) is 49.6 Å². The normalized spacial score (nSPS) is 17.2. The van der Waals surface area contributed by atoms with Crippen molar-refractivity contribution in [3.63, 3.8) is 0 Å². The molecular weight excluding hydrogens is 314 g/mol. The van der Waals surface area contributed by atoms with Crippen molar-refractivity contribution in [3.8, 4) is 0 Å². The van der Waals surface area contributed by atoms with E-state index in [0.29, 0.717) is 6.42 Å². The third-order valence-electron chi connectivity index (χ3n) is 4.59. The van der Waals surface area contributed by atoms with E-state index in [1.54, 1.807) is 12.4 Å². The number of likely N-dealkylation sites (tertiary alicyclic amines) is 1. The Morgan fingerprint density at radius 2 is 2.24 bits per heavy atom. The van der Waals surface area contributed by atoms with Crippen molar-refractivity contribution in [1.82, 2.24) is 24.8 Å². The van der Waals surface area contributed by atoms with Gasteiger partial charge in [-0.05, 0) is 44.5 Å². The first-order valence-corrected chi connectivity index (χ1v) is 8.80. The van der Waals surface area contributed by atoms with Gasteiger partial charge in [0.05, 0.1) is 11.7 Å². The van der Waals surface area contributed by atoms with Crippen molar-refractivity contribution in [1.29, 1.82) is 0 Å². The number of aromatic nitrogens is 3. The molecule has 1 aliphatic heterocycles. The second-order valence-corrected chi connectivity index (χ2v) is 6.62. The first-order valence-electron chi connectivity index (χ1n) is 8.80. The van der Waals surface area contributed by atoms with Gasteiger partial charge in [-0.2, -0.15) is 0 Å². The fourth-order valence-electron chi connectivity index (χ4n) is 3.35. The number of aryl methyl sites for hydroxylation is 1. The van der Waals surface area contributed by atoms with Crippen LogP contribution in [0.15, 0.2) is 36.8 Å². The van der Waals surface area contributed by atoms with Gasteiger partial charge >= 0.3 is 0 Å². The molecule has 0 N–H and O–H groups in total. The number of carbonyl (C=O) groups excluding carboxylic acids is 1. The topological polar surface area (TPSA) is 62.2 Å². The molecule has 0 radical (unpaired) electrons. The van der Waals surface area contributed by atoms with Gasteiger partial charge in [-0.3, -0.25) is 9.78 Å². The average Bonchev–Trinajstić information content (AvgIpc) is 3.10. The quantitative estimate of drug-likeness (QED) is 0.808. The largest absolute Gasteiger partial charge is 0.334 e. The summed E-state index contributed by atoms with van der Waals surface area (Å²) >= 11 is 0. The summed E-state index contributed by atoms with van der Waals surface area (Å²) in [6, 6.07) is 6.02. The summed E-state index contributed by atoms with van der Waals surface area (Å²) in [4.78, 5) is 29.7. The lowest BCUT2D eigenvalue weighted by Gasteiger charge is -2.25. The Balaban J connectivity index is 1.55. The Morgan fingerprint density at radius 3 is 3.00 bits per heavy atom. The molecule has 0 unspecified atom stereocenters. The van der Waals surface area contributed by atoms with Gasteiger partial charge < -0.3 is 9.80 Å². The van der Waals surface area contributed by atoms with E-state index in [4.69, 9.17) is 0 Å². The maximum atomic E-state index is 12.7. The minimum atomic E-state index is 0.0952. The van der Waals surface area contributed by atoms with Crippen LogP contribution in [0.25, 0.3) is 0 Å². The standard InChI is InChI=1S/C19H25N5O/c1-15-21-10-7-17(22-15)18-6-4-11-24(18)19(25)8-12-23(2)14-16-5-3-9-20-13-16/h3,5,7,9-10,13,18H,4,6,8,11-12,14H2,1-2H3/t18-/m1/s1. The third kappa shape index (κ3) is 4.60. The minimum absolute atomic E-state index is 0.0952. The van der Waals surface area contributed by atoms with Gasteiger partial charge in [0.2, 0.25) is 5.91 Å². The highest BCUT2D eigenvalue weighted by atomic mass is 16.2. The molecule has 6 nitrogen and oxygen atoms in total. The number of nitrogens with zero attached hydrogens (tertiary/aromatic N) is 5. The van der Waals surface area contributed by atoms with Crippen LogP contribution in [0.1, 0.15) is 42.4 Å². The number of hydrogen-bond donors (Lipinski definition) is 0. The summed E-state index contributed by atoms with van der Waals surface area (Å²) in [5.41, 5.74) is 2.12. The highest BCUT2D eigenvalue weighted by molar-refractivity contribution is 5.77. The Kier molecular flexibility index (Phi) is 5.71. The van der Waals surface area contributed by atoms with Crippen molar-refractivity contribution in [3.05, 3.63) is 53.9 Å². The molecular formula is C19H25N5O. The predicted octanol–water partition coefficient (Wildman–Crippen LogP) is 2.37. The van der Waals surface area contributed by atoms with Crippen LogP contribution in [0.5, 0.6) is 0 Å². The van der Waals surface area contributed by atoms with Crippen LogP contribution in [0, 0.1) is 6.92 Å². The van der Waals surface area contributed by atoms with Gasteiger partial charge in [0, 0.05) is 44.6 Å². The summed E-state index contributed by atoms with van der Waals surface area (Å²) in [5.74, 6) is 0.963. The number of carbonyl (C=O) groups is 1. The summed E-state index contributed by atoms with van der Waals surface area (Å²) in [7, 11) is 2.04. The van der Waals surface area contributed by atoms with Crippen molar-refractivity contribution >= 4 is 5.91 Å². The Morgan fingerprint density at radius 1 is 1.36 bits per heavy atom. The molecule has 1 atom stereocenters. The average molecular weight is 339 g/mol. The maximum Gasteiger partial charge on any atom is 0.224 e. The predicted molar refractivity (Wildman–Crippen MR) is 95.6 cm³/mol. The molecule has 1 fully saturated rings. The Bertz CT molecular complexity index is 706. The minimum Gasteiger partial charge on any atom is -0.334 e. The monoisotopic (exact) mass is 339 g/mol. The molecule has 0 aromatic carbocycles. The zero-order chi connectivity index (χ0) is 17.6. The molecule has 25 heavy (non-hydrogen) atoms. The summed E-state index contributed by atoms with van der Waals surface area (Å²) < 4.78 is 0. The van der Waals surface area contributed by atoms with E-state index < -0.39 is 0 Å². The van der Waals surface area contributed by atoms with Crippen LogP contribution in [0.3, 0.4) is 0 Å². The molecule has 0 aliphatic carbocycles. The van der Waals surface area contributed by atoms with Gasteiger partial charge in [0.15, 0.2) is 0 Å². The lowest BCUT2D eigenvalue weighted by molar-refractivity contribution is -0.132. The molecule has 2 aromatic rings. The van der Waals surface area contributed by atoms with Gasteiger partial charge in [-0.25, -0.2) is 9.97 Å². The Labute approximate surface area is 148 Å². The second-order valence-electron chi connectivity index (χ2n) is 6.62. The number of amides is 1. The molecule has 0 bridgehead atoms. The molecule has 6 heteroatoms. The summed E-state index contributed by atoms with van der Waals surface area (Å²) in [5, 5.41) is 0. The first-order chi connectivity index (χ1) is 12.1. The van der Waals surface area contributed by atoms with E-state index in [2.05, 4.69) is 25.9 Å². The van der Waals surface area contributed by atoms with E-state index in [9.17, 15) is 4.79 Å². The second kappa shape index (κ2) is 8.16. The van der Waals surface area contributed by atoms with Crippen LogP contribution in [-0.2, 0) is 11.3 Å². The number of hydrogen-bond acceptors (Lipinski definition) is 5. The van der Waals surface area contributed by atoms with Crippen LogP contribution in [0.4, 0.5) is 0 Å². The SMILES string of the molecule is Cc1nccc([C@H]2CCCN2C(=O)CCN(C)Cc2cccnc2)n1. The Hall–Kier alpha value is -2.34. The lowest BCUT2D eigenvalue weighted by Crippen LogP contribution is -2.33. The zero-order valence-corrected chi connectivity index (χ0v) is 14.9. The van der Waals surface area contributed by atoms with E-state index >= 15 is 0 Å². The van der Waals surface area contributed by atoms with Crippen molar-refractivity contribution in [2.24, 2.45) is 0 Å². The van der Waals surface area contributed by atoms with Gasteiger partial charge in [-0.15, -0.1) is 0 Å². The number of rotatable bonds is 6. The van der Waals surface area contributed by atoms with Crippen molar-refractivity contribution in [2.45, 2.75) is 38.8 Å². The molecule has 3 rings (SSSR count). The summed E-state index contributed by atoms with van der Waals surface area (Å²) in [6.45, 7) is 4.24. The first kappa shape index (κ1) is 17.5. The van der Waals surface area contributed by atoms with E-state index in [1.165, 1.54) is 0 Å². The molecule has 0 spiro atoms. The smallest absolute Gasteiger partial charge is 0.224 e. The fourth-order valence-corrected chi connectivity index (χ4v) is 3.35. The molecule has 1 aliphatic rings.